The van der Waals surface area contributed by atoms with E-state index in [1.54, 1.807) is 0 Å². The molecule has 0 aliphatic carbocycles. The van der Waals surface area contributed by atoms with Gasteiger partial charge in [0.1, 0.15) is 6.10 Å². The molecule has 1 heterocycles. The smallest absolute Gasteiger partial charge is 0.313 e. The number of rotatable bonds is 19. The summed E-state index contributed by atoms with van der Waals surface area (Å²) in [6.45, 7) is 16.2. The van der Waals surface area contributed by atoms with Crippen LogP contribution in [0.5, 0.6) is 0 Å². The number of unbranched alkanes of at least 4 members (excludes halogenated alkanes) is 11. The monoisotopic (exact) mass is 468 g/mol. The van der Waals surface area contributed by atoms with E-state index in [9.17, 15) is 4.79 Å². The molecule has 0 spiro atoms. The fraction of sp³-hybridized carbons (Fsp3) is 0.964. The maximum atomic E-state index is 12.1. The summed E-state index contributed by atoms with van der Waals surface area (Å²) < 4.78 is 12.5. The second-order valence-corrected chi connectivity index (χ2v) is 16.5. The Hall–Kier alpha value is -0.353. The Bertz CT molecular complexity index is 497. The molecule has 3 nitrogen and oxygen atoms in total. The van der Waals surface area contributed by atoms with Crippen LogP contribution in [-0.2, 0) is 14.0 Å². The zero-order valence-corrected chi connectivity index (χ0v) is 23.8. The normalized spacial score (nSPS) is 20.2. The van der Waals surface area contributed by atoms with Crippen molar-refractivity contribution in [1.29, 1.82) is 0 Å². The molecule has 0 N–H and O–H groups in total. The van der Waals surface area contributed by atoms with Crippen LogP contribution < -0.4 is 0 Å². The van der Waals surface area contributed by atoms with Crippen molar-refractivity contribution >= 4 is 14.3 Å². The summed E-state index contributed by atoms with van der Waals surface area (Å²) in [5.74, 6) is 0.140. The van der Waals surface area contributed by atoms with Crippen molar-refractivity contribution in [3.63, 3.8) is 0 Å². The maximum Gasteiger partial charge on any atom is 0.313 e. The number of esters is 1. The van der Waals surface area contributed by atoms with Crippen molar-refractivity contribution in [2.45, 2.75) is 168 Å². The zero-order chi connectivity index (χ0) is 24.0. The Morgan fingerprint density at radius 3 is 1.84 bits per heavy atom. The number of carbonyl (C=O) groups is 1. The molecule has 0 aromatic heterocycles. The molecule has 4 heteroatoms. The first kappa shape index (κ1) is 29.7. The molecule has 3 atom stereocenters. The molecule has 32 heavy (non-hydrogen) atoms. The number of hydrogen-bond donors (Lipinski definition) is 0. The van der Waals surface area contributed by atoms with Crippen LogP contribution in [-0.4, -0.2) is 26.5 Å². The number of hydrogen-bond acceptors (Lipinski definition) is 3. The van der Waals surface area contributed by atoms with E-state index in [1.807, 2.05) is 0 Å². The van der Waals surface area contributed by atoms with Crippen molar-refractivity contribution in [3.8, 4) is 0 Å². The lowest BCUT2D eigenvalue weighted by atomic mass is 9.86. The van der Waals surface area contributed by atoms with Gasteiger partial charge < -0.3 is 9.16 Å². The molecule has 1 fully saturated rings. The third-order valence-corrected chi connectivity index (χ3v) is 12.3. The van der Waals surface area contributed by atoms with Crippen LogP contribution in [0.1, 0.15) is 137 Å². The Labute approximate surface area is 201 Å². The minimum atomic E-state index is -1.83. The van der Waals surface area contributed by atoms with Gasteiger partial charge in [-0.25, -0.2) is 0 Å². The SMILES string of the molecule is CCCCCCCCCCC[C@@H](C[C@@H]1OC(=O)C1CCCCCC)O[Si](C)(C)C(C)(C)C. The third kappa shape index (κ3) is 11.2. The predicted molar refractivity (Wildman–Crippen MR) is 141 cm³/mol. The fourth-order valence-corrected chi connectivity index (χ4v) is 5.87. The molecule has 0 aromatic rings. The molecule has 1 saturated heterocycles. The molecule has 1 aliphatic heterocycles. The van der Waals surface area contributed by atoms with Gasteiger partial charge in [-0.15, -0.1) is 0 Å². The van der Waals surface area contributed by atoms with Crippen LogP contribution in [0.2, 0.25) is 18.1 Å². The van der Waals surface area contributed by atoms with Gasteiger partial charge in [0.2, 0.25) is 0 Å². The van der Waals surface area contributed by atoms with Crippen molar-refractivity contribution in [1.82, 2.24) is 0 Å². The van der Waals surface area contributed by atoms with E-state index < -0.39 is 8.32 Å². The molecule has 0 aromatic carbocycles. The Morgan fingerprint density at radius 2 is 1.34 bits per heavy atom. The molecular weight excluding hydrogens is 412 g/mol. The second kappa shape index (κ2) is 15.5. The maximum absolute atomic E-state index is 12.1. The van der Waals surface area contributed by atoms with E-state index in [-0.39, 0.29) is 29.1 Å². The van der Waals surface area contributed by atoms with E-state index in [4.69, 9.17) is 9.16 Å². The summed E-state index contributed by atoms with van der Waals surface area (Å²) in [4.78, 5) is 12.1. The summed E-state index contributed by atoms with van der Waals surface area (Å²) in [5.41, 5.74) is 0. The van der Waals surface area contributed by atoms with Gasteiger partial charge >= 0.3 is 5.97 Å². The van der Waals surface area contributed by atoms with E-state index in [0.717, 1.165) is 25.7 Å². The summed E-state index contributed by atoms with van der Waals surface area (Å²) in [7, 11) is -1.83. The average Bonchev–Trinajstić information content (AvgIpc) is 2.70. The number of carbonyl (C=O) groups excluding carboxylic acids is 1. The molecule has 0 bridgehead atoms. The van der Waals surface area contributed by atoms with Gasteiger partial charge in [0.15, 0.2) is 8.32 Å². The highest BCUT2D eigenvalue weighted by Gasteiger charge is 2.45. The van der Waals surface area contributed by atoms with E-state index in [1.165, 1.54) is 77.0 Å². The summed E-state index contributed by atoms with van der Waals surface area (Å²) >= 11 is 0. The third-order valence-electron chi connectivity index (χ3n) is 7.78. The van der Waals surface area contributed by atoms with E-state index in [0.29, 0.717) is 0 Å². The van der Waals surface area contributed by atoms with Crippen molar-refractivity contribution in [3.05, 3.63) is 0 Å². The van der Waals surface area contributed by atoms with E-state index in [2.05, 4.69) is 47.7 Å². The van der Waals surface area contributed by atoms with Crippen LogP contribution in [0.3, 0.4) is 0 Å². The number of ether oxygens (including phenoxy) is 1. The van der Waals surface area contributed by atoms with Gasteiger partial charge in [0.25, 0.3) is 0 Å². The Kier molecular flexibility index (Phi) is 14.4. The predicted octanol–water partition coefficient (Wildman–Crippen LogP) is 9.20. The number of cyclic esters (lactones) is 1. The molecule has 0 saturated carbocycles. The van der Waals surface area contributed by atoms with Crippen LogP contribution in [0.15, 0.2) is 0 Å². The minimum Gasteiger partial charge on any atom is -0.461 e. The highest BCUT2D eigenvalue weighted by molar-refractivity contribution is 6.74. The molecular formula is C28H56O3Si. The standard InChI is InChI=1S/C28H56O3Si/c1-8-10-12-14-15-16-17-18-19-21-24(31-32(6,7)28(3,4)5)23-26-25(27(29)30-26)22-20-13-11-9-2/h24-26H,8-23H2,1-7H3/t24-,25?,26-/m0/s1. The lowest BCUT2D eigenvalue weighted by Crippen LogP contribution is -2.49. The second-order valence-electron chi connectivity index (χ2n) is 11.8. The van der Waals surface area contributed by atoms with Gasteiger partial charge in [-0.05, 0) is 31.0 Å². The topological polar surface area (TPSA) is 35.5 Å². The molecule has 0 radical (unpaired) electrons. The van der Waals surface area contributed by atoms with Crippen LogP contribution in [0.25, 0.3) is 0 Å². The first-order chi connectivity index (χ1) is 15.1. The van der Waals surface area contributed by atoms with Crippen molar-refractivity contribution in [2.24, 2.45) is 5.92 Å². The largest absolute Gasteiger partial charge is 0.461 e. The molecule has 190 valence electrons. The highest BCUT2D eigenvalue weighted by atomic mass is 28.4. The lowest BCUT2D eigenvalue weighted by molar-refractivity contribution is -0.188. The molecule has 1 rings (SSSR count). The summed E-state index contributed by atoms with van der Waals surface area (Å²) in [5, 5.41) is 0.208. The van der Waals surface area contributed by atoms with Gasteiger partial charge in [0, 0.05) is 12.5 Å². The van der Waals surface area contributed by atoms with Crippen LogP contribution in [0.4, 0.5) is 0 Å². The van der Waals surface area contributed by atoms with Gasteiger partial charge in [-0.1, -0.05) is 118 Å². The Morgan fingerprint density at radius 1 is 0.844 bits per heavy atom. The van der Waals surface area contributed by atoms with E-state index >= 15 is 0 Å². The lowest BCUT2D eigenvalue weighted by Gasteiger charge is -2.42. The van der Waals surface area contributed by atoms with Crippen molar-refractivity contribution < 1.29 is 14.0 Å². The summed E-state index contributed by atoms with van der Waals surface area (Å²) in [6, 6.07) is 0. The van der Waals surface area contributed by atoms with Crippen molar-refractivity contribution in [2.75, 3.05) is 0 Å². The highest BCUT2D eigenvalue weighted by Crippen LogP contribution is 2.40. The molecule has 1 aliphatic rings. The van der Waals surface area contributed by atoms with Gasteiger partial charge in [0.05, 0.1) is 5.92 Å². The minimum absolute atomic E-state index is 0.0284. The first-order valence-electron chi connectivity index (χ1n) is 14.0. The van der Waals surface area contributed by atoms with Gasteiger partial charge in [-0.3, -0.25) is 4.79 Å². The molecule has 0 amide bonds. The van der Waals surface area contributed by atoms with Crippen LogP contribution >= 0.6 is 0 Å². The fourth-order valence-electron chi connectivity index (χ4n) is 4.47. The van der Waals surface area contributed by atoms with Crippen LogP contribution in [0, 0.1) is 5.92 Å². The molecule has 1 unspecified atom stereocenters. The average molecular weight is 469 g/mol. The first-order valence-corrected chi connectivity index (χ1v) is 16.9. The summed E-state index contributed by atoms with van der Waals surface area (Å²) in [6.07, 6.45) is 20.4. The Balaban J connectivity index is 2.50. The quantitative estimate of drug-likeness (QED) is 0.108. The zero-order valence-electron chi connectivity index (χ0n) is 22.8. The van der Waals surface area contributed by atoms with Gasteiger partial charge in [-0.2, -0.15) is 0 Å².